The van der Waals surface area contributed by atoms with E-state index in [0.29, 0.717) is 5.02 Å². The zero-order chi connectivity index (χ0) is 26.7. The van der Waals surface area contributed by atoms with Crippen LogP contribution in [0, 0.1) is 0 Å². The van der Waals surface area contributed by atoms with Crippen LogP contribution in [0.2, 0.25) is 5.02 Å². The summed E-state index contributed by atoms with van der Waals surface area (Å²) in [6, 6.07) is 10.9. The maximum Gasteiger partial charge on any atom is 0.416 e. The molecule has 0 fully saturated rings. The van der Waals surface area contributed by atoms with Crippen LogP contribution in [0.4, 0.5) is 18.3 Å². The molecule has 2 aromatic heterocycles. The average molecular weight is 551 g/mol. The highest BCUT2D eigenvalue weighted by Gasteiger charge is 2.32. The van der Waals surface area contributed by atoms with Gasteiger partial charge in [0, 0.05) is 35.5 Å². The fraction of sp³-hybridized carbons (Fsp3) is 0.167. The molecule has 2 aromatic carbocycles. The molecule has 0 unspecified atom stereocenters. The van der Waals surface area contributed by atoms with Crippen LogP contribution in [0.25, 0.3) is 11.1 Å². The minimum atomic E-state index is -4.63. The molecule has 192 valence electrons. The first kappa shape index (κ1) is 26.2. The van der Waals surface area contributed by atoms with Crippen LogP contribution >= 0.6 is 22.9 Å². The van der Waals surface area contributed by atoms with E-state index < -0.39 is 23.2 Å². The molecule has 0 spiro atoms. The number of aryl methyl sites for hydroxylation is 1. The van der Waals surface area contributed by atoms with Gasteiger partial charge < -0.3 is 14.0 Å². The molecular weight excluding hydrogens is 533 g/mol. The van der Waals surface area contributed by atoms with Gasteiger partial charge in [0.25, 0.3) is 16.7 Å². The number of halogens is 4. The molecule has 0 bridgehead atoms. The number of amides is 1. The first-order valence-electron chi connectivity index (χ1n) is 10.5. The molecule has 0 aliphatic rings. The number of methoxy groups -OCH3 is 1. The number of anilines is 1. The smallest absolute Gasteiger partial charge is 0.416 e. The Balaban J connectivity index is 1.62. The summed E-state index contributed by atoms with van der Waals surface area (Å²) in [7, 11) is 2.71. The van der Waals surface area contributed by atoms with E-state index in [0.717, 1.165) is 45.7 Å². The van der Waals surface area contributed by atoms with Crippen LogP contribution in [-0.4, -0.2) is 27.8 Å². The van der Waals surface area contributed by atoms with Crippen LogP contribution < -0.4 is 20.3 Å². The lowest BCUT2D eigenvalue weighted by Gasteiger charge is -2.16. The molecule has 37 heavy (non-hydrogen) atoms. The predicted octanol–water partition coefficient (Wildman–Crippen LogP) is 5.42. The van der Waals surface area contributed by atoms with Gasteiger partial charge in [-0.15, -0.1) is 5.10 Å². The topological polar surface area (TPSA) is 95.3 Å². The maximum absolute atomic E-state index is 13.4. The Morgan fingerprint density at radius 2 is 1.84 bits per heavy atom. The molecule has 13 heteroatoms. The van der Waals surface area contributed by atoms with Crippen molar-refractivity contribution in [2.24, 2.45) is 7.05 Å². The number of ether oxygens (including phenoxy) is 2. The molecule has 0 aliphatic heterocycles. The third kappa shape index (κ3) is 6.09. The molecule has 0 aliphatic carbocycles. The van der Waals surface area contributed by atoms with Gasteiger partial charge in [0.2, 0.25) is 5.13 Å². The Hall–Kier alpha value is -3.90. The molecule has 0 radical (unpaired) electrons. The van der Waals surface area contributed by atoms with E-state index in [2.05, 4.69) is 15.5 Å². The number of rotatable bonds is 7. The number of benzene rings is 2. The van der Waals surface area contributed by atoms with Gasteiger partial charge in [-0.1, -0.05) is 28.8 Å². The van der Waals surface area contributed by atoms with Gasteiger partial charge in [-0.05, 0) is 47.2 Å². The number of carbonyl (C=O) groups is 1. The van der Waals surface area contributed by atoms with Gasteiger partial charge in [0.15, 0.2) is 0 Å². The second-order valence-electron chi connectivity index (χ2n) is 7.71. The molecule has 4 rings (SSSR count). The number of hydrogen-bond donors (Lipinski definition) is 1. The normalized spacial score (nSPS) is 11.3. The monoisotopic (exact) mass is 550 g/mol. The van der Waals surface area contributed by atoms with Gasteiger partial charge in [0.1, 0.15) is 12.4 Å². The minimum absolute atomic E-state index is 0.0117. The Morgan fingerprint density at radius 3 is 2.51 bits per heavy atom. The second-order valence-corrected chi connectivity index (χ2v) is 9.08. The third-order valence-electron chi connectivity index (χ3n) is 5.19. The van der Waals surface area contributed by atoms with E-state index in [9.17, 15) is 22.8 Å². The van der Waals surface area contributed by atoms with Crippen LogP contribution in [0.5, 0.6) is 10.9 Å². The summed E-state index contributed by atoms with van der Waals surface area (Å²) in [5.41, 5.74) is -0.752. The van der Waals surface area contributed by atoms with E-state index in [1.54, 1.807) is 24.3 Å². The highest BCUT2D eigenvalue weighted by atomic mass is 35.5. The standard InChI is InChI=1S/C24H18ClF3N4O4S/c1-32-11-18(16-9-14(24(26,27)28)5-8-19(16)35-2)17(10-20(32)33)21(34)29-22-30-31-23(37-22)36-12-13-3-6-15(25)7-4-13/h3-11H,12H2,1-2H3,(H,29,30,34). The summed E-state index contributed by atoms with van der Waals surface area (Å²) >= 11 is 6.81. The largest absolute Gasteiger partial charge is 0.496 e. The van der Waals surface area contributed by atoms with Crippen molar-refractivity contribution in [3.05, 3.63) is 86.8 Å². The van der Waals surface area contributed by atoms with Gasteiger partial charge in [-0.3, -0.25) is 14.9 Å². The molecule has 8 nitrogen and oxygen atoms in total. The zero-order valence-electron chi connectivity index (χ0n) is 19.3. The number of aromatic nitrogens is 3. The van der Waals surface area contributed by atoms with Crippen molar-refractivity contribution < 1.29 is 27.4 Å². The van der Waals surface area contributed by atoms with E-state index in [1.807, 2.05) is 0 Å². The van der Waals surface area contributed by atoms with Gasteiger partial charge in [-0.25, -0.2) is 0 Å². The third-order valence-corrected chi connectivity index (χ3v) is 6.20. The Labute approximate surface area is 217 Å². The van der Waals surface area contributed by atoms with Crippen LogP contribution in [0.1, 0.15) is 21.5 Å². The van der Waals surface area contributed by atoms with Crippen LogP contribution in [0.3, 0.4) is 0 Å². The molecule has 1 amide bonds. The first-order chi connectivity index (χ1) is 17.5. The summed E-state index contributed by atoms with van der Waals surface area (Å²) in [5.74, 6) is -0.679. The Bertz CT molecular complexity index is 1500. The van der Waals surface area contributed by atoms with E-state index in [1.165, 1.54) is 20.4 Å². The molecule has 1 N–H and O–H groups in total. The van der Waals surface area contributed by atoms with Crippen molar-refractivity contribution in [2.45, 2.75) is 12.8 Å². The number of nitrogens with one attached hydrogen (secondary N) is 1. The molecule has 2 heterocycles. The number of carbonyl (C=O) groups excluding carboxylic acids is 1. The predicted molar refractivity (Wildman–Crippen MR) is 132 cm³/mol. The van der Waals surface area contributed by atoms with Crippen molar-refractivity contribution in [2.75, 3.05) is 12.4 Å². The van der Waals surface area contributed by atoms with Crippen molar-refractivity contribution in [3.8, 4) is 22.1 Å². The SMILES string of the molecule is COc1ccc(C(F)(F)F)cc1-c1cn(C)c(=O)cc1C(=O)Nc1nnc(OCc2ccc(Cl)cc2)s1. The van der Waals surface area contributed by atoms with Crippen molar-refractivity contribution >= 4 is 34.0 Å². The first-order valence-corrected chi connectivity index (χ1v) is 11.7. The summed E-state index contributed by atoms with van der Waals surface area (Å²) in [6.45, 7) is 0.188. The van der Waals surface area contributed by atoms with E-state index in [-0.39, 0.29) is 39.4 Å². The quantitative estimate of drug-likeness (QED) is 0.330. The molecular formula is C24H18ClF3N4O4S. The summed E-state index contributed by atoms with van der Waals surface area (Å²) < 4.78 is 52.1. The van der Waals surface area contributed by atoms with Gasteiger partial charge >= 0.3 is 6.18 Å². The zero-order valence-corrected chi connectivity index (χ0v) is 20.9. The number of nitrogens with zero attached hydrogens (tertiary/aromatic N) is 3. The average Bonchev–Trinajstić information content (AvgIpc) is 3.31. The molecule has 4 aromatic rings. The number of pyridine rings is 1. The van der Waals surface area contributed by atoms with Gasteiger partial charge in [0.05, 0.1) is 18.2 Å². The lowest BCUT2D eigenvalue weighted by atomic mass is 9.98. The van der Waals surface area contributed by atoms with Gasteiger partial charge in [-0.2, -0.15) is 13.2 Å². The lowest BCUT2D eigenvalue weighted by molar-refractivity contribution is -0.137. The fourth-order valence-electron chi connectivity index (χ4n) is 3.34. The number of hydrogen-bond acceptors (Lipinski definition) is 7. The van der Waals surface area contributed by atoms with Crippen molar-refractivity contribution in [1.82, 2.24) is 14.8 Å². The molecule has 0 saturated heterocycles. The summed E-state index contributed by atoms with van der Waals surface area (Å²) in [4.78, 5) is 25.5. The van der Waals surface area contributed by atoms with Crippen molar-refractivity contribution in [3.63, 3.8) is 0 Å². The van der Waals surface area contributed by atoms with Crippen LogP contribution in [-0.2, 0) is 19.8 Å². The van der Waals surface area contributed by atoms with Crippen LogP contribution in [0.15, 0.2) is 59.5 Å². The highest BCUT2D eigenvalue weighted by Crippen LogP contribution is 2.38. The lowest BCUT2D eigenvalue weighted by Crippen LogP contribution is -2.22. The fourth-order valence-corrected chi connectivity index (χ4v) is 4.05. The van der Waals surface area contributed by atoms with E-state index >= 15 is 0 Å². The Morgan fingerprint density at radius 1 is 1.11 bits per heavy atom. The molecule has 0 saturated carbocycles. The summed E-state index contributed by atoms with van der Waals surface area (Å²) in [6.07, 6.45) is -3.35. The van der Waals surface area contributed by atoms with E-state index in [4.69, 9.17) is 21.1 Å². The second kappa shape index (κ2) is 10.6. The molecule has 0 atom stereocenters. The minimum Gasteiger partial charge on any atom is -0.496 e. The number of alkyl halides is 3. The Kier molecular flexibility index (Phi) is 7.50. The summed E-state index contributed by atoms with van der Waals surface area (Å²) in [5, 5.41) is 11.1. The van der Waals surface area contributed by atoms with Crippen molar-refractivity contribution in [1.29, 1.82) is 0 Å². The maximum atomic E-state index is 13.4. The highest BCUT2D eigenvalue weighted by molar-refractivity contribution is 7.17.